The van der Waals surface area contributed by atoms with Crippen LogP contribution in [0.2, 0.25) is 0 Å². The largest absolute Gasteiger partial charge is 0.306 e. The number of piperidine rings is 1. The lowest BCUT2D eigenvalue weighted by Crippen LogP contribution is -2.47. The molecule has 0 bridgehead atoms. The van der Waals surface area contributed by atoms with Gasteiger partial charge in [-0.1, -0.05) is 0 Å². The SMILES string of the molecule is CN1CCC(N(C)C2CCCC(=O)C2)CC1. The van der Waals surface area contributed by atoms with Crippen molar-refractivity contribution in [1.82, 2.24) is 9.80 Å². The monoisotopic (exact) mass is 224 g/mol. The van der Waals surface area contributed by atoms with Crippen molar-refractivity contribution in [1.29, 1.82) is 0 Å². The molecule has 3 nitrogen and oxygen atoms in total. The van der Waals surface area contributed by atoms with E-state index in [2.05, 4.69) is 23.9 Å². The summed E-state index contributed by atoms with van der Waals surface area (Å²) in [6.07, 6.45) is 6.45. The van der Waals surface area contributed by atoms with Crippen LogP contribution >= 0.6 is 0 Å². The summed E-state index contributed by atoms with van der Waals surface area (Å²) >= 11 is 0. The predicted molar refractivity (Wildman–Crippen MR) is 65.5 cm³/mol. The van der Waals surface area contributed by atoms with Crippen molar-refractivity contribution in [3.8, 4) is 0 Å². The molecule has 16 heavy (non-hydrogen) atoms. The Morgan fingerprint density at radius 2 is 1.88 bits per heavy atom. The second kappa shape index (κ2) is 5.28. The molecule has 1 saturated heterocycles. The molecule has 2 fully saturated rings. The summed E-state index contributed by atoms with van der Waals surface area (Å²) < 4.78 is 0. The van der Waals surface area contributed by atoms with Gasteiger partial charge in [-0.25, -0.2) is 0 Å². The molecule has 92 valence electrons. The van der Waals surface area contributed by atoms with E-state index >= 15 is 0 Å². The first-order chi connectivity index (χ1) is 7.66. The van der Waals surface area contributed by atoms with Gasteiger partial charge in [-0.3, -0.25) is 9.69 Å². The van der Waals surface area contributed by atoms with E-state index in [4.69, 9.17) is 0 Å². The molecule has 1 atom stereocenters. The molecule has 0 N–H and O–H groups in total. The molecular weight excluding hydrogens is 200 g/mol. The molecule has 1 heterocycles. The van der Waals surface area contributed by atoms with E-state index in [0.717, 1.165) is 19.3 Å². The van der Waals surface area contributed by atoms with Crippen LogP contribution in [0.5, 0.6) is 0 Å². The van der Waals surface area contributed by atoms with E-state index in [9.17, 15) is 4.79 Å². The third-order valence-electron chi connectivity index (χ3n) is 4.30. The quantitative estimate of drug-likeness (QED) is 0.710. The molecule has 0 amide bonds. The first-order valence-electron chi connectivity index (χ1n) is 6.59. The van der Waals surface area contributed by atoms with E-state index in [1.807, 2.05) is 0 Å². The molecule has 1 aliphatic heterocycles. The van der Waals surface area contributed by atoms with Gasteiger partial charge in [0.05, 0.1) is 0 Å². The average Bonchev–Trinajstić information content (AvgIpc) is 2.29. The van der Waals surface area contributed by atoms with Crippen molar-refractivity contribution in [2.75, 3.05) is 27.2 Å². The molecule has 0 radical (unpaired) electrons. The van der Waals surface area contributed by atoms with Crippen LogP contribution in [0.25, 0.3) is 0 Å². The zero-order valence-electron chi connectivity index (χ0n) is 10.6. The topological polar surface area (TPSA) is 23.6 Å². The molecule has 2 rings (SSSR count). The number of carbonyl (C=O) groups excluding carboxylic acids is 1. The third-order valence-corrected chi connectivity index (χ3v) is 4.30. The van der Waals surface area contributed by atoms with Crippen LogP contribution in [-0.4, -0.2) is 54.9 Å². The number of likely N-dealkylation sites (tertiary alicyclic amines) is 1. The molecule has 0 aromatic rings. The van der Waals surface area contributed by atoms with Crippen LogP contribution in [-0.2, 0) is 4.79 Å². The van der Waals surface area contributed by atoms with E-state index in [1.165, 1.54) is 32.4 Å². The number of nitrogens with zero attached hydrogens (tertiary/aromatic N) is 2. The Kier molecular flexibility index (Phi) is 3.98. The van der Waals surface area contributed by atoms with Crippen molar-refractivity contribution in [3.63, 3.8) is 0 Å². The van der Waals surface area contributed by atoms with Gasteiger partial charge < -0.3 is 4.90 Å². The Labute approximate surface area is 98.8 Å². The lowest BCUT2D eigenvalue weighted by molar-refractivity contribution is -0.122. The van der Waals surface area contributed by atoms with Gasteiger partial charge in [-0.05, 0) is 52.9 Å². The Morgan fingerprint density at radius 3 is 2.50 bits per heavy atom. The minimum Gasteiger partial charge on any atom is -0.306 e. The van der Waals surface area contributed by atoms with E-state index in [0.29, 0.717) is 17.9 Å². The smallest absolute Gasteiger partial charge is 0.134 e. The van der Waals surface area contributed by atoms with Crippen molar-refractivity contribution >= 4 is 5.78 Å². The Morgan fingerprint density at radius 1 is 1.19 bits per heavy atom. The van der Waals surface area contributed by atoms with Gasteiger partial charge in [0.2, 0.25) is 0 Å². The number of ketones is 1. The molecule has 3 heteroatoms. The van der Waals surface area contributed by atoms with Crippen LogP contribution in [0.15, 0.2) is 0 Å². The summed E-state index contributed by atoms with van der Waals surface area (Å²) in [5.41, 5.74) is 0. The minimum atomic E-state index is 0.469. The maximum atomic E-state index is 11.5. The zero-order valence-corrected chi connectivity index (χ0v) is 10.6. The highest BCUT2D eigenvalue weighted by Crippen LogP contribution is 2.24. The van der Waals surface area contributed by atoms with Gasteiger partial charge in [0.1, 0.15) is 5.78 Å². The van der Waals surface area contributed by atoms with Crippen LogP contribution < -0.4 is 0 Å². The lowest BCUT2D eigenvalue weighted by Gasteiger charge is -2.40. The lowest BCUT2D eigenvalue weighted by atomic mass is 9.91. The summed E-state index contributed by atoms with van der Waals surface area (Å²) in [5.74, 6) is 0.469. The first-order valence-corrected chi connectivity index (χ1v) is 6.59. The average molecular weight is 224 g/mol. The van der Waals surface area contributed by atoms with Gasteiger partial charge in [0, 0.05) is 24.9 Å². The molecular formula is C13H24N2O. The molecule has 0 aromatic carbocycles. The normalized spacial score (nSPS) is 29.9. The van der Waals surface area contributed by atoms with Gasteiger partial charge in [-0.2, -0.15) is 0 Å². The van der Waals surface area contributed by atoms with E-state index < -0.39 is 0 Å². The van der Waals surface area contributed by atoms with E-state index in [-0.39, 0.29) is 0 Å². The maximum absolute atomic E-state index is 11.5. The summed E-state index contributed by atoms with van der Waals surface area (Å²) in [4.78, 5) is 16.4. The molecule has 0 spiro atoms. The minimum absolute atomic E-state index is 0.469. The predicted octanol–water partition coefficient (Wildman–Crippen LogP) is 1.52. The van der Waals surface area contributed by atoms with Gasteiger partial charge in [0.15, 0.2) is 0 Å². The molecule has 0 aromatic heterocycles. The van der Waals surface area contributed by atoms with Crippen LogP contribution in [0.3, 0.4) is 0 Å². The van der Waals surface area contributed by atoms with Crippen molar-refractivity contribution < 1.29 is 4.79 Å². The third kappa shape index (κ3) is 2.83. The first kappa shape index (κ1) is 12.1. The van der Waals surface area contributed by atoms with Crippen molar-refractivity contribution in [3.05, 3.63) is 0 Å². The highest BCUT2D eigenvalue weighted by Gasteiger charge is 2.29. The van der Waals surface area contributed by atoms with Crippen molar-refractivity contribution in [2.45, 2.75) is 50.6 Å². The highest BCUT2D eigenvalue weighted by molar-refractivity contribution is 5.79. The fourth-order valence-corrected chi connectivity index (χ4v) is 3.05. The molecule has 1 unspecified atom stereocenters. The van der Waals surface area contributed by atoms with Gasteiger partial charge in [0.25, 0.3) is 0 Å². The molecule has 2 aliphatic rings. The van der Waals surface area contributed by atoms with Crippen molar-refractivity contribution in [2.24, 2.45) is 0 Å². The van der Waals surface area contributed by atoms with Crippen LogP contribution in [0, 0.1) is 0 Å². The molecule has 1 aliphatic carbocycles. The number of hydrogen-bond donors (Lipinski definition) is 0. The summed E-state index contributed by atoms with van der Waals surface area (Å²) in [6, 6.07) is 1.22. The highest BCUT2D eigenvalue weighted by atomic mass is 16.1. The fourth-order valence-electron chi connectivity index (χ4n) is 3.05. The van der Waals surface area contributed by atoms with Gasteiger partial charge >= 0.3 is 0 Å². The zero-order chi connectivity index (χ0) is 11.5. The Hall–Kier alpha value is -0.410. The number of hydrogen-bond acceptors (Lipinski definition) is 3. The Bertz CT molecular complexity index is 246. The molecule has 1 saturated carbocycles. The standard InChI is InChI=1S/C13H24N2O/c1-14-8-6-11(7-9-14)15(2)12-4-3-5-13(16)10-12/h11-12H,3-10H2,1-2H3. The summed E-state index contributed by atoms with van der Waals surface area (Å²) in [5, 5.41) is 0. The number of Topliss-reactive ketones (excluding diaryl/α,β-unsaturated/α-hetero) is 1. The van der Waals surface area contributed by atoms with Crippen LogP contribution in [0.1, 0.15) is 38.5 Å². The second-order valence-corrected chi connectivity index (χ2v) is 5.49. The van der Waals surface area contributed by atoms with Crippen LogP contribution in [0.4, 0.5) is 0 Å². The fraction of sp³-hybridized carbons (Fsp3) is 0.923. The summed E-state index contributed by atoms with van der Waals surface area (Å²) in [7, 11) is 4.42. The van der Waals surface area contributed by atoms with E-state index in [1.54, 1.807) is 0 Å². The Balaban J connectivity index is 1.86. The maximum Gasteiger partial charge on any atom is 0.134 e. The number of rotatable bonds is 2. The summed E-state index contributed by atoms with van der Waals surface area (Å²) in [6.45, 7) is 2.41. The number of carbonyl (C=O) groups is 1. The van der Waals surface area contributed by atoms with Gasteiger partial charge in [-0.15, -0.1) is 0 Å². The second-order valence-electron chi connectivity index (χ2n) is 5.49.